The molecular formula is C33H50ClN3O4. The Morgan fingerprint density at radius 2 is 1.44 bits per heavy atom. The molecule has 2 aromatic rings. The Kier molecular flexibility index (Phi) is 15.7. The fraction of sp³-hybridized carbons (Fsp3) is 0.636. The highest BCUT2D eigenvalue weighted by Gasteiger charge is 2.37. The zero-order valence-electron chi connectivity index (χ0n) is 25.5. The van der Waals surface area contributed by atoms with Crippen molar-refractivity contribution in [2.45, 2.75) is 124 Å². The number of halogens is 1. The van der Waals surface area contributed by atoms with Crippen molar-refractivity contribution in [2.75, 3.05) is 11.9 Å². The number of nitrogens with one attached hydrogen (secondary N) is 2. The van der Waals surface area contributed by atoms with Gasteiger partial charge in [-0.25, -0.2) is 4.79 Å². The van der Waals surface area contributed by atoms with E-state index in [4.69, 9.17) is 16.3 Å². The van der Waals surface area contributed by atoms with Gasteiger partial charge in [-0.3, -0.25) is 14.7 Å². The number of esters is 1. The zero-order valence-corrected chi connectivity index (χ0v) is 26.3. The van der Waals surface area contributed by atoms with Crippen LogP contribution in [-0.2, 0) is 14.3 Å². The fourth-order valence-electron chi connectivity index (χ4n) is 4.76. The van der Waals surface area contributed by atoms with Crippen LogP contribution < -0.4 is 5.32 Å². The maximum Gasteiger partial charge on any atom is 0.338 e. The molecule has 7 nitrogen and oxygen atoms in total. The van der Waals surface area contributed by atoms with Crippen LogP contribution in [0.5, 0.6) is 0 Å². The third kappa shape index (κ3) is 12.8. The van der Waals surface area contributed by atoms with Crippen molar-refractivity contribution in [3.8, 4) is 0 Å². The molecule has 0 aliphatic rings. The van der Waals surface area contributed by atoms with Gasteiger partial charge in [0.05, 0.1) is 28.6 Å². The summed E-state index contributed by atoms with van der Waals surface area (Å²) in [6.45, 7) is 7.88. The van der Waals surface area contributed by atoms with Crippen LogP contribution in [0.1, 0.15) is 140 Å². The van der Waals surface area contributed by atoms with Crippen molar-refractivity contribution in [3.63, 3.8) is 0 Å². The Morgan fingerprint density at radius 3 is 1.95 bits per heavy atom. The van der Waals surface area contributed by atoms with Crippen molar-refractivity contribution in [3.05, 3.63) is 46.7 Å². The lowest BCUT2D eigenvalue weighted by Gasteiger charge is -2.23. The van der Waals surface area contributed by atoms with Gasteiger partial charge < -0.3 is 10.1 Å². The summed E-state index contributed by atoms with van der Waals surface area (Å²) in [4.78, 5) is 38.9. The molecule has 41 heavy (non-hydrogen) atoms. The zero-order chi connectivity index (χ0) is 30.1. The monoisotopic (exact) mass is 587 g/mol. The van der Waals surface area contributed by atoms with Gasteiger partial charge in [0.15, 0.2) is 5.78 Å². The number of anilines is 1. The molecule has 0 radical (unpaired) electrons. The van der Waals surface area contributed by atoms with Crippen LogP contribution in [0.25, 0.3) is 0 Å². The number of Topliss-reactive ketones (excluding diaryl/α,β-unsaturated/α-hetero) is 1. The van der Waals surface area contributed by atoms with Crippen molar-refractivity contribution in [1.82, 2.24) is 10.2 Å². The average Bonchev–Trinajstić information content (AvgIpc) is 3.46. The molecule has 0 saturated heterocycles. The summed E-state index contributed by atoms with van der Waals surface area (Å²) in [6, 6.07) is 6.19. The second-order valence-electron chi connectivity index (χ2n) is 12.0. The van der Waals surface area contributed by atoms with Gasteiger partial charge in [-0.1, -0.05) is 123 Å². The highest BCUT2D eigenvalue weighted by atomic mass is 35.5. The smallest absolute Gasteiger partial charge is 0.338 e. The van der Waals surface area contributed by atoms with Gasteiger partial charge in [0.25, 0.3) is 0 Å². The van der Waals surface area contributed by atoms with E-state index >= 15 is 0 Å². The van der Waals surface area contributed by atoms with Gasteiger partial charge in [-0.15, -0.1) is 0 Å². The predicted molar refractivity (Wildman–Crippen MR) is 166 cm³/mol. The lowest BCUT2D eigenvalue weighted by Crippen LogP contribution is -2.35. The molecule has 1 heterocycles. The summed E-state index contributed by atoms with van der Waals surface area (Å²) in [6.07, 6.45) is 19.2. The maximum atomic E-state index is 13.2. The van der Waals surface area contributed by atoms with Gasteiger partial charge in [0.2, 0.25) is 5.91 Å². The van der Waals surface area contributed by atoms with E-state index in [0.717, 1.165) is 19.3 Å². The summed E-state index contributed by atoms with van der Waals surface area (Å²) >= 11 is 6.32. The molecule has 2 N–H and O–H groups in total. The number of aromatic amines is 1. The third-order valence-electron chi connectivity index (χ3n) is 7.29. The number of rotatable bonds is 20. The standard InChI is InChI=1S/C33H50ClN3O4/c1-5-6-7-8-9-10-11-12-13-14-15-16-17-18-23-41-32(40)25-19-20-26(34)28(24-25)36-31(39)29(27-21-22-35-37-27)30(38)33(2,3)4/h19-22,24,29H,5-18,23H2,1-4H3,(H,35,37)(H,36,39). The predicted octanol–water partition coefficient (Wildman–Crippen LogP) is 9.04. The number of hydrogen-bond donors (Lipinski definition) is 2. The van der Waals surface area contributed by atoms with Gasteiger partial charge in [0.1, 0.15) is 5.92 Å². The lowest BCUT2D eigenvalue weighted by atomic mass is 9.81. The number of H-pyrrole nitrogens is 1. The summed E-state index contributed by atoms with van der Waals surface area (Å²) in [5, 5.41) is 9.59. The van der Waals surface area contributed by atoms with Crippen LogP contribution in [0, 0.1) is 5.41 Å². The molecule has 1 unspecified atom stereocenters. The van der Waals surface area contributed by atoms with Crippen molar-refractivity contribution < 1.29 is 19.1 Å². The molecular weight excluding hydrogens is 538 g/mol. The van der Waals surface area contributed by atoms with E-state index in [1.165, 1.54) is 89.0 Å². The van der Waals surface area contributed by atoms with Crippen molar-refractivity contribution in [1.29, 1.82) is 0 Å². The normalized spacial score (nSPS) is 12.2. The summed E-state index contributed by atoms with van der Waals surface area (Å²) in [7, 11) is 0. The number of carbonyl (C=O) groups is 3. The molecule has 0 spiro atoms. The van der Waals surface area contributed by atoms with Crippen molar-refractivity contribution >= 4 is 34.9 Å². The molecule has 0 aliphatic heterocycles. The largest absolute Gasteiger partial charge is 0.462 e. The van der Waals surface area contributed by atoms with E-state index in [1.807, 2.05) is 0 Å². The molecule has 0 bridgehead atoms. The van der Waals surface area contributed by atoms with Crippen molar-refractivity contribution in [2.24, 2.45) is 5.41 Å². The van der Waals surface area contributed by atoms with Crippen LogP contribution in [0.3, 0.4) is 0 Å². The Hall–Kier alpha value is -2.67. The van der Waals surface area contributed by atoms with E-state index < -0.39 is 23.2 Å². The highest BCUT2D eigenvalue weighted by Crippen LogP contribution is 2.30. The SMILES string of the molecule is CCCCCCCCCCCCCCCCOC(=O)c1ccc(Cl)c(NC(=O)C(C(=O)C(C)(C)C)c2ccn[nH]2)c1. The van der Waals surface area contributed by atoms with Crippen LogP contribution >= 0.6 is 11.6 Å². The van der Waals surface area contributed by atoms with Gasteiger partial charge in [-0.05, 0) is 30.7 Å². The minimum atomic E-state index is -1.09. The van der Waals surface area contributed by atoms with Gasteiger partial charge in [-0.2, -0.15) is 5.10 Å². The Labute approximate surface area is 251 Å². The van der Waals surface area contributed by atoms with E-state index in [-0.39, 0.29) is 22.1 Å². The van der Waals surface area contributed by atoms with Crippen LogP contribution in [0.2, 0.25) is 5.02 Å². The first-order valence-electron chi connectivity index (χ1n) is 15.5. The number of benzene rings is 1. The molecule has 2 rings (SSSR count). The van der Waals surface area contributed by atoms with E-state index in [0.29, 0.717) is 12.3 Å². The molecule has 0 fully saturated rings. The number of nitrogens with zero attached hydrogens (tertiary/aromatic N) is 1. The Morgan fingerprint density at radius 1 is 0.878 bits per heavy atom. The molecule has 8 heteroatoms. The molecule has 0 aliphatic carbocycles. The fourth-order valence-corrected chi connectivity index (χ4v) is 4.92. The van der Waals surface area contributed by atoms with E-state index in [1.54, 1.807) is 32.9 Å². The summed E-state index contributed by atoms with van der Waals surface area (Å²) in [5.74, 6) is -2.38. The molecule has 228 valence electrons. The molecule has 1 amide bonds. The maximum absolute atomic E-state index is 13.2. The lowest BCUT2D eigenvalue weighted by molar-refractivity contribution is -0.133. The number of carbonyl (C=O) groups excluding carboxylic acids is 3. The number of amides is 1. The quantitative estimate of drug-likeness (QED) is 0.0914. The topological polar surface area (TPSA) is 101 Å². The number of ketones is 1. The van der Waals surface area contributed by atoms with E-state index in [9.17, 15) is 14.4 Å². The number of hydrogen-bond acceptors (Lipinski definition) is 5. The Bertz CT molecular complexity index is 1060. The number of unbranched alkanes of at least 4 members (excludes halogenated alkanes) is 13. The van der Waals surface area contributed by atoms with Crippen LogP contribution in [0.15, 0.2) is 30.5 Å². The molecule has 0 saturated carbocycles. The second-order valence-corrected chi connectivity index (χ2v) is 12.4. The molecule has 1 aromatic heterocycles. The number of ether oxygens (including phenoxy) is 1. The first kappa shape index (κ1) is 34.5. The first-order chi connectivity index (χ1) is 19.6. The summed E-state index contributed by atoms with van der Waals surface area (Å²) in [5.41, 5.74) is 0.168. The highest BCUT2D eigenvalue weighted by molar-refractivity contribution is 6.34. The molecule has 1 aromatic carbocycles. The van der Waals surface area contributed by atoms with E-state index in [2.05, 4.69) is 22.4 Å². The minimum absolute atomic E-state index is 0.244. The van der Waals surface area contributed by atoms with Gasteiger partial charge >= 0.3 is 5.97 Å². The van der Waals surface area contributed by atoms with Crippen LogP contribution in [0.4, 0.5) is 5.69 Å². The third-order valence-corrected chi connectivity index (χ3v) is 7.62. The minimum Gasteiger partial charge on any atom is -0.462 e. The average molecular weight is 588 g/mol. The molecule has 1 atom stereocenters. The Balaban J connectivity index is 1.72. The number of aromatic nitrogens is 2. The first-order valence-corrected chi connectivity index (χ1v) is 15.8. The second kappa shape index (κ2) is 18.7. The van der Waals surface area contributed by atoms with Gasteiger partial charge in [0, 0.05) is 11.6 Å². The van der Waals surface area contributed by atoms with Crippen LogP contribution in [-0.4, -0.2) is 34.5 Å². The summed E-state index contributed by atoms with van der Waals surface area (Å²) < 4.78 is 5.46.